The van der Waals surface area contributed by atoms with Gasteiger partial charge in [0.1, 0.15) is 5.82 Å². The molecule has 3 N–H and O–H groups in total. The molecule has 2 rings (SSSR count). The summed E-state index contributed by atoms with van der Waals surface area (Å²) in [7, 11) is 0. The number of nitrogens with one attached hydrogen (secondary N) is 1. The van der Waals surface area contributed by atoms with Crippen molar-refractivity contribution in [2.75, 3.05) is 43.0 Å². The molecule has 0 spiro atoms. The van der Waals surface area contributed by atoms with Gasteiger partial charge >= 0.3 is 5.97 Å². The summed E-state index contributed by atoms with van der Waals surface area (Å²) >= 11 is 0. The zero-order chi connectivity index (χ0) is 15.1. The molecule has 0 aromatic carbocycles. The lowest BCUT2D eigenvalue weighted by Crippen LogP contribution is -2.40. The van der Waals surface area contributed by atoms with Crippen LogP contribution in [0.2, 0.25) is 0 Å². The first-order chi connectivity index (χ1) is 10.2. The van der Waals surface area contributed by atoms with Gasteiger partial charge < -0.3 is 20.7 Å². The van der Waals surface area contributed by atoms with E-state index in [0.717, 1.165) is 25.2 Å². The van der Waals surface area contributed by atoms with Gasteiger partial charge in [-0.25, -0.2) is 4.98 Å². The molecule has 1 saturated heterocycles. The Morgan fingerprint density at radius 2 is 2.48 bits per heavy atom. The fourth-order valence-corrected chi connectivity index (χ4v) is 2.43. The molecule has 21 heavy (non-hydrogen) atoms. The second-order valence-electron chi connectivity index (χ2n) is 4.99. The molecule has 0 saturated carbocycles. The van der Waals surface area contributed by atoms with Gasteiger partial charge in [-0.1, -0.05) is 0 Å². The Balaban J connectivity index is 2.01. The van der Waals surface area contributed by atoms with Crippen LogP contribution in [-0.4, -0.2) is 48.7 Å². The standard InChI is InChI=1S/C14H23N5O2/c1-2-21-13(20)11-4-3-9-19(10-11)12-5-7-16-14(18-12)17-8-6-15/h5,7,11H,2-4,6,8-10,15H2,1H3,(H,16,17,18). The van der Waals surface area contributed by atoms with Crippen molar-refractivity contribution < 1.29 is 9.53 Å². The summed E-state index contributed by atoms with van der Waals surface area (Å²) in [5.41, 5.74) is 5.46. The summed E-state index contributed by atoms with van der Waals surface area (Å²) < 4.78 is 5.12. The van der Waals surface area contributed by atoms with E-state index >= 15 is 0 Å². The molecule has 1 aliphatic rings. The van der Waals surface area contributed by atoms with Crippen LogP contribution in [0.25, 0.3) is 0 Å². The van der Waals surface area contributed by atoms with Crippen molar-refractivity contribution in [3.63, 3.8) is 0 Å². The van der Waals surface area contributed by atoms with Crippen molar-refractivity contribution in [1.29, 1.82) is 0 Å². The van der Waals surface area contributed by atoms with Crippen LogP contribution in [0.4, 0.5) is 11.8 Å². The van der Waals surface area contributed by atoms with Gasteiger partial charge in [0.05, 0.1) is 12.5 Å². The van der Waals surface area contributed by atoms with Crippen LogP contribution in [0.15, 0.2) is 12.3 Å². The van der Waals surface area contributed by atoms with Crippen molar-refractivity contribution in [3.05, 3.63) is 12.3 Å². The van der Waals surface area contributed by atoms with Gasteiger partial charge in [0.15, 0.2) is 0 Å². The largest absolute Gasteiger partial charge is 0.466 e. The monoisotopic (exact) mass is 293 g/mol. The summed E-state index contributed by atoms with van der Waals surface area (Å²) in [5, 5.41) is 3.06. The summed E-state index contributed by atoms with van der Waals surface area (Å²) in [4.78, 5) is 22.6. The third kappa shape index (κ3) is 4.29. The molecule has 1 aromatic rings. The fraction of sp³-hybridized carbons (Fsp3) is 0.643. The van der Waals surface area contributed by atoms with Gasteiger partial charge in [-0.05, 0) is 25.8 Å². The number of anilines is 2. The normalized spacial score (nSPS) is 18.4. The SMILES string of the molecule is CCOC(=O)C1CCCN(c2ccnc(NCCN)n2)C1. The van der Waals surface area contributed by atoms with Crippen LogP contribution >= 0.6 is 0 Å². The Morgan fingerprint density at radius 1 is 1.62 bits per heavy atom. The first-order valence-corrected chi connectivity index (χ1v) is 7.43. The number of piperidine rings is 1. The zero-order valence-corrected chi connectivity index (χ0v) is 12.4. The van der Waals surface area contributed by atoms with Crippen LogP contribution in [0.1, 0.15) is 19.8 Å². The molecule has 1 atom stereocenters. The minimum Gasteiger partial charge on any atom is -0.466 e. The van der Waals surface area contributed by atoms with Crippen molar-refractivity contribution in [2.45, 2.75) is 19.8 Å². The van der Waals surface area contributed by atoms with Crippen molar-refractivity contribution in [3.8, 4) is 0 Å². The summed E-state index contributed by atoms with van der Waals surface area (Å²) in [6.07, 6.45) is 3.55. The van der Waals surface area contributed by atoms with Crippen molar-refractivity contribution in [2.24, 2.45) is 11.7 Å². The molecular formula is C14H23N5O2. The molecule has 0 amide bonds. The number of esters is 1. The highest BCUT2D eigenvalue weighted by Crippen LogP contribution is 2.22. The lowest BCUT2D eigenvalue weighted by atomic mass is 9.98. The van der Waals surface area contributed by atoms with E-state index in [1.165, 1.54) is 0 Å². The Hall–Kier alpha value is -1.89. The quantitative estimate of drug-likeness (QED) is 0.743. The molecule has 7 heteroatoms. The molecule has 1 aliphatic heterocycles. The maximum Gasteiger partial charge on any atom is 0.310 e. The average Bonchev–Trinajstić information content (AvgIpc) is 2.53. The molecular weight excluding hydrogens is 270 g/mol. The van der Waals surface area contributed by atoms with E-state index in [1.54, 1.807) is 6.20 Å². The maximum atomic E-state index is 11.9. The van der Waals surface area contributed by atoms with Gasteiger partial charge in [0.2, 0.25) is 5.95 Å². The van der Waals surface area contributed by atoms with E-state index in [2.05, 4.69) is 20.2 Å². The van der Waals surface area contributed by atoms with Gasteiger partial charge in [0.25, 0.3) is 0 Å². The van der Waals surface area contributed by atoms with Crippen LogP contribution in [0.5, 0.6) is 0 Å². The predicted octanol–water partition coefficient (Wildman–Crippen LogP) is 0.627. The Labute approximate surface area is 124 Å². The van der Waals surface area contributed by atoms with E-state index < -0.39 is 0 Å². The molecule has 1 aromatic heterocycles. The number of carbonyl (C=O) groups excluding carboxylic acids is 1. The molecule has 0 bridgehead atoms. The lowest BCUT2D eigenvalue weighted by Gasteiger charge is -2.32. The number of hydrogen-bond acceptors (Lipinski definition) is 7. The van der Waals surface area contributed by atoms with Gasteiger partial charge in [-0.15, -0.1) is 0 Å². The number of aromatic nitrogens is 2. The van der Waals surface area contributed by atoms with E-state index in [0.29, 0.717) is 32.2 Å². The minimum absolute atomic E-state index is 0.0749. The Bertz CT molecular complexity index is 468. The van der Waals surface area contributed by atoms with E-state index in [-0.39, 0.29) is 11.9 Å². The second kappa shape index (κ2) is 7.78. The number of hydrogen-bond donors (Lipinski definition) is 2. The van der Waals surface area contributed by atoms with Gasteiger partial charge in [-0.2, -0.15) is 4.98 Å². The molecule has 116 valence electrons. The Morgan fingerprint density at radius 3 is 3.24 bits per heavy atom. The summed E-state index contributed by atoms with van der Waals surface area (Å²) in [5.74, 6) is 1.21. The van der Waals surface area contributed by atoms with E-state index in [4.69, 9.17) is 10.5 Å². The first-order valence-electron chi connectivity index (χ1n) is 7.43. The molecule has 1 fully saturated rings. The van der Waals surface area contributed by atoms with Gasteiger partial charge in [-0.3, -0.25) is 4.79 Å². The number of rotatable bonds is 6. The van der Waals surface area contributed by atoms with E-state index in [9.17, 15) is 4.79 Å². The Kier molecular flexibility index (Phi) is 5.74. The topological polar surface area (TPSA) is 93.4 Å². The summed E-state index contributed by atoms with van der Waals surface area (Å²) in [6, 6.07) is 1.86. The first kappa shape index (κ1) is 15.5. The maximum absolute atomic E-state index is 11.9. The van der Waals surface area contributed by atoms with Crippen molar-refractivity contribution in [1.82, 2.24) is 9.97 Å². The molecule has 0 aliphatic carbocycles. The highest BCUT2D eigenvalue weighted by molar-refractivity contribution is 5.73. The van der Waals surface area contributed by atoms with Crippen molar-refractivity contribution >= 4 is 17.7 Å². The minimum atomic E-state index is -0.113. The number of carbonyl (C=O) groups is 1. The van der Waals surface area contributed by atoms with E-state index in [1.807, 2.05) is 13.0 Å². The third-order valence-corrected chi connectivity index (χ3v) is 3.43. The highest BCUT2D eigenvalue weighted by Gasteiger charge is 2.27. The smallest absolute Gasteiger partial charge is 0.310 e. The number of nitrogens with two attached hydrogens (primary N) is 1. The second-order valence-corrected chi connectivity index (χ2v) is 4.99. The summed E-state index contributed by atoms with van der Waals surface area (Å²) in [6.45, 7) is 4.96. The lowest BCUT2D eigenvalue weighted by molar-refractivity contribution is -0.148. The third-order valence-electron chi connectivity index (χ3n) is 3.43. The molecule has 0 radical (unpaired) electrons. The van der Waals surface area contributed by atoms with Gasteiger partial charge in [0, 0.05) is 32.4 Å². The van der Waals surface area contributed by atoms with Crippen LogP contribution in [-0.2, 0) is 9.53 Å². The molecule has 2 heterocycles. The van der Waals surface area contributed by atoms with Crippen LogP contribution in [0.3, 0.4) is 0 Å². The van der Waals surface area contributed by atoms with Crippen LogP contribution < -0.4 is 16.0 Å². The highest BCUT2D eigenvalue weighted by atomic mass is 16.5. The average molecular weight is 293 g/mol. The molecule has 1 unspecified atom stereocenters. The zero-order valence-electron chi connectivity index (χ0n) is 12.4. The number of nitrogens with zero attached hydrogens (tertiary/aromatic N) is 3. The predicted molar refractivity (Wildman–Crippen MR) is 81.1 cm³/mol. The number of ether oxygens (including phenoxy) is 1. The fourth-order valence-electron chi connectivity index (χ4n) is 2.43. The molecule has 7 nitrogen and oxygen atoms in total. The van der Waals surface area contributed by atoms with Crippen LogP contribution in [0, 0.1) is 5.92 Å².